The van der Waals surface area contributed by atoms with Crippen LogP contribution in [0.25, 0.3) is 0 Å². The average molecular weight is 376 g/mol. The lowest BCUT2D eigenvalue weighted by atomic mass is 10.1. The van der Waals surface area contributed by atoms with Gasteiger partial charge >= 0.3 is 5.97 Å². The maximum atomic E-state index is 12.2. The number of methoxy groups -OCH3 is 1. The third-order valence-corrected chi connectivity index (χ3v) is 4.45. The van der Waals surface area contributed by atoms with Gasteiger partial charge in [0, 0.05) is 5.56 Å². The smallest absolute Gasteiger partial charge is 0.311 e. The Balaban J connectivity index is 1.98. The van der Waals surface area contributed by atoms with Crippen LogP contribution in [-0.4, -0.2) is 31.0 Å². The summed E-state index contributed by atoms with van der Waals surface area (Å²) in [6.45, 7) is 3.36. The van der Waals surface area contributed by atoms with E-state index < -0.39 is 23.9 Å². The van der Waals surface area contributed by atoms with E-state index in [0.29, 0.717) is 16.3 Å². The van der Waals surface area contributed by atoms with Gasteiger partial charge < -0.3 is 20.5 Å². The van der Waals surface area contributed by atoms with Crippen molar-refractivity contribution in [2.75, 3.05) is 12.4 Å². The zero-order valence-electron chi connectivity index (χ0n) is 14.7. The molecular formula is C18H20N2O5S. The molecular weight excluding hydrogens is 356 g/mol. The van der Waals surface area contributed by atoms with Gasteiger partial charge in [0.05, 0.1) is 19.1 Å². The van der Waals surface area contributed by atoms with E-state index in [2.05, 4.69) is 5.32 Å². The highest BCUT2D eigenvalue weighted by Gasteiger charge is 2.21. The van der Waals surface area contributed by atoms with E-state index in [1.807, 2.05) is 19.1 Å². The Morgan fingerprint density at radius 3 is 2.65 bits per heavy atom. The molecule has 0 radical (unpaired) electrons. The lowest BCUT2D eigenvalue weighted by Crippen LogP contribution is -2.31. The summed E-state index contributed by atoms with van der Waals surface area (Å²) < 4.78 is 10.4. The molecule has 1 atom stereocenters. The number of nitrogens with two attached hydrogens (primary N) is 1. The molecule has 0 unspecified atom stereocenters. The number of carbonyl (C=O) groups excluding carboxylic acids is 3. The topological polar surface area (TPSA) is 108 Å². The molecule has 0 saturated carbocycles. The van der Waals surface area contributed by atoms with Gasteiger partial charge in [-0.25, -0.2) is 0 Å². The molecule has 2 aromatic rings. The molecule has 2 amide bonds. The molecule has 0 saturated heterocycles. The van der Waals surface area contributed by atoms with Crippen LogP contribution >= 0.6 is 11.3 Å². The molecule has 0 bridgehead atoms. The maximum absolute atomic E-state index is 12.2. The van der Waals surface area contributed by atoms with E-state index >= 15 is 0 Å². The van der Waals surface area contributed by atoms with Crippen LogP contribution in [0.2, 0.25) is 0 Å². The average Bonchev–Trinajstić information content (AvgIpc) is 3.03. The van der Waals surface area contributed by atoms with Crippen LogP contribution in [0.5, 0.6) is 5.75 Å². The number of benzene rings is 1. The number of primary amides is 1. The third kappa shape index (κ3) is 4.82. The van der Waals surface area contributed by atoms with E-state index in [9.17, 15) is 14.4 Å². The number of ether oxygens (including phenoxy) is 2. The summed E-state index contributed by atoms with van der Waals surface area (Å²) in [5, 5.41) is 4.51. The SMILES string of the molecule is COc1ccc(C)cc1CC(=O)O[C@@H](C)C(=O)Nc1sccc1C(N)=O. The molecule has 0 aliphatic rings. The van der Waals surface area contributed by atoms with E-state index in [1.54, 1.807) is 11.4 Å². The predicted molar refractivity (Wildman–Crippen MR) is 98.5 cm³/mol. The van der Waals surface area contributed by atoms with E-state index in [0.717, 1.165) is 16.9 Å². The third-order valence-electron chi connectivity index (χ3n) is 3.62. The molecule has 3 N–H and O–H groups in total. The van der Waals surface area contributed by atoms with E-state index in [4.69, 9.17) is 15.2 Å². The zero-order valence-corrected chi connectivity index (χ0v) is 15.5. The van der Waals surface area contributed by atoms with Crippen molar-refractivity contribution in [2.45, 2.75) is 26.4 Å². The minimum absolute atomic E-state index is 0.0198. The molecule has 2 rings (SSSR count). The lowest BCUT2D eigenvalue weighted by Gasteiger charge is -2.14. The molecule has 0 fully saturated rings. The van der Waals surface area contributed by atoms with Gasteiger partial charge in [-0.2, -0.15) is 0 Å². The van der Waals surface area contributed by atoms with Gasteiger partial charge in [-0.15, -0.1) is 11.3 Å². The Labute approximate surface area is 155 Å². The van der Waals surface area contributed by atoms with Crippen molar-refractivity contribution < 1.29 is 23.9 Å². The van der Waals surface area contributed by atoms with Gasteiger partial charge in [-0.05, 0) is 31.4 Å². The number of carbonyl (C=O) groups is 3. The molecule has 8 heteroatoms. The van der Waals surface area contributed by atoms with Gasteiger partial charge in [-0.1, -0.05) is 17.7 Å². The lowest BCUT2D eigenvalue weighted by molar-refractivity contribution is -0.152. The van der Waals surface area contributed by atoms with Crippen LogP contribution < -0.4 is 15.8 Å². The summed E-state index contributed by atoms with van der Waals surface area (Å²) >= 11 is 1.16. The normalized spacial score (nSPS) is 11.5. The molecule has 26 heavy (non-hydrogen) atoms. The number of esters is 1. The largest absolute Gasteiger partial charge is 0.496 e. The number of amides is 2. The van der Waals surface area contributed by atoms with Crippen molar-refractivity contribution in [3.05, 3.63) is 46.3 Å². The van der Waals surface area contributed by atoms with Crippen molar-refractivity contribution >= 4 is 34.1 Å². The fourth-order valence-corrected chi connectivity index (χ4v) is 3.10. The zero-order chi connectivity index (χ0) is 19.3. The van der Waals surface area contributed by atoms with Crippen molar-refractivity contribution in [2.24, 2.45) is 5.73 Å². The van der Waals surface area contributed by atoms with E-state index in [-0.39, 0.29) is 12.0 Å². The number of thiophene rings is 1. The first kappa shape index (κ1) is 19.5. The van der Waals surface area contributed by atoms with Crippen molar-refractivity contribution in [1.82, 2.24) is 0 Å². The fraction of sp³-hybridized carbons (Fsp3) is 0.278. The Kier molecular flexibility index (Phi) is 6.35. The van der Waals surface area contributed by atoms with Crippen LogP contribution in [0.15, 0.2) is 29.6 Å². The summed E-state index contributed by atoms with van der Waals surface area (Å²) in [5.41, 5.74) is 7.11. The Morgan fingerprint density at radius 2 is 2.00 bits per heavy atom. The van der Waals surface area contributed by atoms with Crippen molar-refractivity contribution in [3.63, 3.8) is 0 Å². The Hall–Kier alpha value is -2.87. The van der Waals surface area contributed by atoms with Crippen LogP contribution in [0.3, 0.4) is 0 Å². The standard InChI is InChI=1S/C18H20N2O5S/c1-10-4-5-14(24-3)12(8-10)9-15(21)25-11(2)17(23)20-18-13(16(19)22)6-7-26-18/h4-8,11H,9H2,1-3H3,(H2,19,22)(H,20,23)/t11-/m0/s1. The summed E-state index contributed by atoms with van der Waals surface area (Å²) in [4.78, 5) is 35.6. The first-order valence-electron chi connectivity index (χ1n) is 7.83. The monoisotopic (exact) mass is 376 g/mol. The number of aryl methyl sites for hydroxylation is 1. The number of nitrogens with one attached hydrogen (secondary N) is 1. The number of hydrogen-bond acceptors (Lipinski definition) is 6. The molecule has 1 aromatic carbocycles. The van der Waals surface area contributed by atoms with Gasteiger partial charge in [0.1, 0.15) is 10.8 Å². The highest BCUT2D eigenvalue weighted by atomic mass is 32.1. The molecule has 0 aliphatic heterocycles. The molecule has 138 valence electrons. The molecule has 7 nitrogen and oxygen atoms in total. The quantitative estimate of drug-likeness (QED) is 0.721. The van der Waals surface area contributed by atoms with Gasteiger partial charge in [0.2, 0.25) is 0 Å². The highest BCUT2D eigenvalue weighted by molar-refractivity contribution is 7.14. The number of rotatable bonds is 7. The Bertz CT molecular complexity index is 831. The van der Waals surface area contributed by atoms with Crippen LogP contribution in [0.1, 0.15) is 28.4 Å². The van der Waals surface area contributed by atoms with E-state index in [1.165, 1.54) is 20.1 Å². The summed E-state index contributed by atoms with van der Waals surface area (Å²) in [7, 11) is 1.52. The second kappa shape index (κ2) is 8.48. The van der Waals surface area contributed by atoms with Crippen molar-refractivity contribution in [3.8, 4) is 5.75 Å². The summed E-state index contributed by atoms with van der Waals surface area (Å²) in [6, 6.07) is 7.00. The molecule has 1 aromatic heterocycles. The highest BCUT2D eigenvalue weighted by Crippen LogP contribution is 2.23. The summed E-state index contributed by atoms with van der Waals surface area (Å²) in [6.07, 6.45) is -1.05. The maximum Gasteiger partial charge on any atom is 0.311 e. The summed E-state index contributed by atoms with van der Waals surface area (Å²) in [5.74, 6) is -1.16. The number of anilines is 1. The minimum atomic E-state index is -1.03. The molecule has 0 aliphatic carbocycles. The number of hydrogen-bond donors (Lipinski definition) is 2. The van der Waals surface area contributed by atoms with Crippen LogP contribution in [0.4, 0.5) is 5.00 Å². The van der Waals surface area contributed by atoms with Gasteiger partial charge in [0.15, 0.2) is 6.10 Å². The first-order chi connectivity index (χ1) is 12.3. The van der Waals surface area contributed by atoms with Crippen LogP contribution in [0, 0.1) is 6.92 Å². The fourth-order valence-electron chi connectivity index (χ4n) is 2.31. The van der Waals surface area contributed by atoms with Gasteiger partial charge in [0.25, 0.3) is 11.8 Å². The first-order valence-corrected chi connectivity index (χ1v) is 8.71. The predicted octanol–water partition coefficient (Wildman–Crippen LogP) is 2.28. The molecule has 0 spiro atoms. The minimum Gasteiger partial charge on any atom is -0.496 e. The Morgan fingerprint density at radius 1 is 1.27 bits per heavy atom. The van der Waals surface area contributed by atoms with Crippen LogP contribution in [-0.2, 0) is 20.7 Å². The van der Waals surface area contributed by atoms with Crippen molar-refractivity contribution in [1.29, 1.82) is 0 Å². The second-order valence-electron chi connectivity index (χ2n) is 5.64. The van der Waals surface area contributed by atoms with Gasteiger partial charge in [-0.3, -0.25) is 14.4 Å². The second-order valence-corrected chi connectivity index (χ2v) is 6.56. The molecule has 1 heterocycles.